The number of carbonyl (C=O) groups is 1. The van der Waals surface area contributed by atoms with Gasteiger partial charge in [0.15, 0.2) is 0 Å². The highest BCUT2D eigenvalue weighted by atomic mass is 16.3. The van der Waals surface area contributed by atoms with Gasteiger partial charge in [0, 0.05) is 13.2 Å². The van der Waals surface area contributed by atoms with Gasteiger partial charge in [-0.2, -0.15) is 0 Å². The molecule has 4 nitrogen and oxygen atoms in total. The lowest BCUT2D eigenvalue weighted by atomic mass is 9.89. The Morgan fingerprint density at radius 2 is 1.85 bits per heavy atom. The van der Waals surface area contributed by atoms with E-state index >= 15 is 0 Å². The second kappa shape index (κ2) is 9.37. The van der Waals surface area contributed by atoms with Crippen LogP contribution < -0.4 is 10.6 Å². The number of rotatable bonds is 8. The summed E-state index contributed by atoms with van der Waals surface area (Å²) < 4.78 is 0. The van der Waals surface area contributed by atoms with E-state index in [2.05, 4.69) is 36.6 Å². The topological polar surface area (TPSA) is 61.4 Å². The van der Waals surface area contributed by atoms with E-state index in [1.165, 1.54) is 0 Å². The maximum absolute atomic E-state index is 11.9. The fourth-order valence-corrected chi connectivity index (χ4v) is 2.37. The van der Waals surface area contributed by atoms with E-state index in [1.807, 2.05) is 18.2 Å². The van der Waals surface area contributed by atoms with Crippen molar-refractivity contribution < 1.29 is 9.90 Å². The van der Waals surface area contributed by atoms with E-state index in [4.69, 9.17) is 5.11 Å². The number of benzene rings is 1. The Morgan fingerprint density at radius 1 is 1.20 bits per heavy atom. The van der Waals surface area contributed by atoms with Crippen molar-refractivity contribution in [2.24, 2.45) is 5.92 Å². The molecule has 1 atom stereocenters. The Kier molecular flexibility index (Phi) is 7.73. The third-order valence-corrected chi connectivity index (χ3v) is 3.59. The van der Waals surface area contributed by atoms with Crippen LogP contribution in [0.25, 0.3) is 0 Å². The molecule has 4 heteroatoms. The van der Waals surface area contributed by atoms with Crippen LogP contribution in [0.4, 0.5) is 4.79 Å². The van der Waals surface area contributed by atoms with Crippen LogP contribution in [0.15, 0.2) is 30.3 Å². The molecule has 0 saturated heterocycles. The van der Waals surface area contributed by atoms with E-state index in [0.29, 0.717) is 18.9 Å². The molecule has 1 aromatic rings. The van der Waals surface area contributed by atoms with Crippen molar-refractivity contribution in [2.75, 3.05) is 13.2 Å². The Morgan fingerprint density at radius 3 is 2.40 bits per heavy atom. The summed E-state index contributed by atoms with van der Waals surface area (Å²) in [5.74, 6) is 0.418. The molecule has 20 heavy (non-hydrogen) atoms. The van der Waals surface area contributed by atoms with Gasteiger partial charge in [-0.15, -0.1) is 0 Å². The second-order valence-electron chi connectivity index (χ2n) is 4.94. The molecule has 0 heterocycles. The van der Waals surface area contributed by atoms with Gasteiger partial charge < -0.3 is 15.7 Å². The van der Waals surface area contributed by atoms with Crippen molar-refractivity contribution in [3.8, 4) is 0 Å². The SMILES string of the molecule is CCC(CC)C(NC(=O)NCCCO)c1ccccc1. The fourth-order valence-electron chi connectivity index (χ4n) is 2.37. The zero-order valence-corrected chi connectivity index (χ0v) is 12.4. The van der Waals surface area contributed by atoms with Gasteiger partial charge in [0.25, 0.3) is 0 Å². The molecule has 0 aliphatic carbocycles. The van der Waals surface area contributed by atoms with E-state index in [0.717, 1.165) is 18.4 Å². The number of amides is 2. The molecule has 0 saturated carbocycles. The smallest absolute Gasteiger partial charge is 0.315 e. The molecule has 3 N–H and O–H groups in total. The first kappa shape index (κ1) is 16.5. The molecule has 1 rings (SSSR count). The molecule has 0 spiro atoms. The molecule has 0 aliphatic rings. The average molecular weight is 278 g/mol. The minimum atomic E-state index is -0.167. The number of aliphatic hydroxyl groups excluding tert-OH is 1. The van der Waals surface area contributed by atoms with Crippen molar-refractivity contribution in [3.63, 3.8) is 0 Å². The average Bonchev–Trinajstić information content (AvgIpc) is 2.48. The van der Waals surface area contributed by atoms with Gasteiger partial charge in [-0.1, -0.05) is 57.0 Å². The highest BCUT2D eigenvalue weighted by molar-refractivity contribution is 5.74. The highest BCUT2D eigenvalue weighted by Crippen LogP contribution is 2.27. The van der Waals surface area contributed by atoms with Gasteiger partial charge in [-0.05, 0) is 17.9 Å². The molecule has 0 fully saturated rings. The molecular weight excluding hydrogens is 252 g/mol. The zero-order chi connectivity index (χ0) is 14.8. The van der Waals surface area contributed by atoms with E-state index < -0.39 is 0 Å². The summed E-state index contributed by atoms with van der Waals surface area (Å²) in [6.45, 7) is 4.88. The molecule has 1 aromatic carbocycles. The summed E-state index contributed by atoms with van der Waals surface area (Å²) >= 11 is 0. The molecule has 1 unspecified atom stereocenters. The number of carbonyl (C=O) groups excluding carboxylic acids is 1. The standard InChI is InChI=1S/C16H26N2O2/c1-3-13(4-2)15(14-9-6-5-7-10-14)18-16(20)17-11-8-12-19/h5-7,9-10,13,15,19H,3-4,8,11-12H2,1-2H3,(H2,17,18,20). The number of nitrogens with one attached hydrogen (secondary N) is 2. The first-order chi connectivity index (χ1) is 9.72. The highest BCUT2D eigenvalue weighted by Gasteiger charge is 2.21. The third kappa shape index (κ3) is 5.21. The van der Waals surface area contributed by atoms with Crippen molar-refractivity contribution >= 4 is 6.03 Å². The predicted octanol–water partition coefficient (Wildman–Crippen LogP) is 2.85. The summed E-state index contributed by atoms with van der Waals surface area (Å²) in [5.41, 5.74) is 1.14. The number of hydrogen-bond donors (Lipinski definition) is 3. The van der Waals surface area contributed by atoms with Gasteiger partial charge in [-0.25, -0.2) is 4.79 Å². The van der Waals surface area contributed by atoms with Gasteiger partial charge in [0.1, 0.15) is 0 Å². The largest absolute Gasteiger partial charge is 0.396 e. The molecule has 0 bridgehead atoms. The van der Waals surface area contributed by atoms with Gasteiger partial charge in [-0.3, -0.25) is 0 Å². The summed E-state index contributed by atoms with van der Waals surface area (Å²) in [5, 5.41) is 14.6. The molecular formula is C16H26N2O2. The van der Waals surface area contributed by atoms with E-state index in [9.17, 15) is 4.79 Å². The molecule has 0 aromatic heterocycles. The monoisotopic (exact) mass is 278 g/mol. The minimum absolute atomic E-state index is 0.0281. The maximum Gasteiger partial charge on any atom is 0.315 e. The van der Waals surface area contributed by atoms with Crippen LogP contribution in [0.1, 0.15) is 44.7 Å². The summed E-state index contributed by atoms with van der Waals surface area (Å²) in [7, 11) is 0. The lowest BCUT2D eigenvalue weighted by molar-refractivity contribution is 0.227. The Bertz CT molecular complexity index is 377. The lowest BCUT2D eigenvalue weighted by Crippen LogP contribution is -2.41. The minimum Gasteiger partial charge on any atom is -0.396 e. The summed E-state index contributed by atoms with van der Waals surface area (Å²) in [6.07, 6.45) is 2.62. The third-order valence-electron chi connectivity index (χ3n) is 3.59. The second-order valence-corrected chi connectivity index (χ2v) is 4.94. The Labute approximate surface area is 121 Å². The van der Waals surface area contributed by atoms with Crippen LogP contribution >= 0.6 is 0 Å². The van der Waals surface area contributed by atoms with Crippen molar-refractivity contribution in [1.29, 1.82) is 0 Å². The molecule has 0 aliphatic heterocycles. The lowest BCUT2D eigenvalue weighted by Gasteiger charge is -2.27. The van der Waals surface area contributed by atoms with Crippen LogP contribution in [-0.4, -0.2) is 24.3 Å². The molecule has 0 radical (unpaired) electrons. The van der Waals surface area contributed by atoms with Crippen LogP contribution in [0, 0.1) is 5.92 Å². The Hall–Kier alpha value is -1.55. The first-order valence-corrected chi connectivity index (χ1v) is 7.43. The van der Waals surface area contributed by atoms with Crippen molar-refractivity contribution in [2.45, 2.75) is 39.2 Å². The van der Waals surface area contributed by atoms with E-state index in [-0.39, 0.29) is 18.7 Å². The summed E-state index contributed by atoms with van der Waals surface area (Å²) in [4.78, 5) is 11.9. The van der Waals surface area contributed by atoms with Crippen LogP contribution in [0.3, 0.4) is 0 Å². The Balaban J connectivity index is 2.71. The summed E-state index contributed by atoms with van der Waals surface area (Å²) in [6, 6.07) is 9.94. The zero-order valence-electron chi connectivity index (χ0n) is 12.4. The maximum atomic E-state index is 11.9. The van der Waals surface area contributed by atoms with Gasteiger partial charge >= 0.3 is 6.03 Å². The van der Waals surface area contributed by atoms with Crippen LogP contribution in [0.5, 0.6) is 0 Å². The van der Waals surface area contributed by atoms with Gasteiger partial charge in [0.2, 0.25) is 0 Å². The van der Waals surface area contributed by atoms with E-state index in [1.54, 1.807) is 0 Å². The number of urea groups is 1. The first-order valence-electron chi connectivity index (χ1n) is 7.43. The number of hydrogen-bond acceptors (Lipinski definition) is 2. The molecule has 112 valence electrons. The normalized spacial score (nSPS) is 12.2. The van der Waals surface area contributed by atoms with Crippen molar-refractivity contribution in [3.05, 3.63) is 35.9 Å². The van der Waals surface area contributed by atoms with Crippen LogP contribution in [-0.2, 0) is 0 Å². The fraction of sp³-hybridized carbons (Fsp3) is 0.562. The predicted molar refractivity (Wildman–Crippen MR) is 81.5 cm³/mol. The van der Waals surface area contributed by atoms with Gasteiger partial charge in [0.05, 0.1) is 6.04 Å². The quantitative estimate of drug-likeness (QED) is 0.640. The number of aliphatic hydroxyl groups is 1. The molecule has 2 amide bonds. The van der Waals surface area contributed by atoms with Crippen LogP contribution in [0.2, 0.25) is 0 Å². The van der Waals surface area contributed by atoms with Crippen molar-refractivity contribution in [1.82, 2.24) is 10.6 Å².